The normalized spacial score (nSPS) is 18.7. The molecule has 1 aromatic heterocycles. The van der Waals surface area contributed by atoms with Crippen LogP contribution in [0, 0.1) is 5.92 Å². The average molecular weight is 526 g/mol. The molecular weight excluding hydrogens is 486 g/mol. The smallest absolute Gasteiger partial charge is 0.252 e. The summed E-state index contributed by atoms with van der Waals surface area (Å²) >= 11 is 0. The Morgan fingerprint density at radius 1 is 1.10 bits per heavy atom. The summed E-state index contributed by atoms with van der Waals surface area (Å²) in [5.41, 5.74) is 4.04. The molecule has 0 bridgehead atoms. The zero-order valence-corrected chi connectivity index (χ0v) is 23.3. The van der Waals surface area contributed by atoms with Gasteiger partial charge in [0, 0.05) is 61.5 Å². The average Bonchev–Trinajstić information content (AvgIpc) is 2.97. The summed E-state index contributed by atoms with van der Waals surface area (Å²) in [5, 5.41) is 3.57. The van der Waals surface area contributed by atoms with Gasteiger partial charge in [-0.2, -0.15) is 0 Å². The predicted molar refractivity (Wildman–Crippen MR) is 162 cm³/mol. The Bertz CT molecular complexity index is 1390. The minimum Gasteiger partial charge on any atom is -0.491 e. The second-order valence-electron chi connectivity index (χ2n) is 10.6. The van der Waals surface area contributed by atoms with Crippen molar-refractivity contribution in [3.05, 3.63) is 88.7 Å². The molecule has 2 aliphatic rings. The number of para-hydroxylation sites is 1. The van der Waals surface area contributed by atoms with Gasteiger partial charge in [0.25, 0.3) is 5.56 Å². The van der Waals surface area contributed by atoms with Crippen molar-refractivity contribution in [2.45, 2.75) is 32.7 Å². The van der Waals surface area contributed by atoms with Gasteiger partial charge in [0.15, 0.2) is 0 Å². The van der Waals surface area contributed by atoms with Gasteiger partial charge in [0.1, 0.15) is 24.0 Å². The third kappa shape index (κ3) is 5.93. The molecule has 0 spiro atoms. The highest BCUT2D eigenvalue weighted by Crippen LogP contribution is 2.32. The topological polar surface area (TPSA) is 62.1 Å². The lowest BCUT2D eigenvalue weighted by atomic mass is 10.0. The molecule has 3 heterocycles. The minimum atomic E-state index is -0.160. The van der Waals surface area contributed by atoms with E-state index in [0.717, 1.165) is 61.0 Å². The molecule has 5 rings (SSSR count). The first kappa shape index (κ1) is 26.8. The van der Waals surface area contributed by atoms with E-state index in [4.69, 9.17) is 9.73 Å². The summed E-state index contributed by atoms with van der Waals surface area (Å²) in [7, 11) is 2.17. The van der Waals surface area contributed by atoms with E-state index >= 15 is 0 Å². The van der Waals surface area contributed by atoms with E-state index in [1.807, 2.05) is 18.2 Å². The molecule has 7 heteroatoms. The van der Waals surface area contributed by atoms with E-state index in [1.165, 1.54) is 5.69 Å². The quantitative estimate of drug-likeness (QED) is 0.321. The van der Waals surface area contributed by atoms with Gasteiger partial charge in [0.05, 0.1) is 6.04 Å². The Morgan fingerprint density at radius 2 is 1.85 bits per heavy atom. The van der Waals surface area contributed by atoms with E-state index in [0.29, 0.717) is 18.8 Å². The number of aliphatic imine (C=N–C) groups is 1. The minimum absolute atomic E-state index is 0.0904. The lowest BCUT2D eigenvalue weighted by Crippen LogP contribution is -2.44. The van der Waals surface area contributed by atoms with Crippen LogP contribution in [0.1, 0.15) is 37.4 Å². The van der Waals surface area contributed by atoms with Gasteiger partial charge in [-0.15, -0.1) is 0 Å². The fourth-order valence-electron chi connectivity index (χ4n) is 5.20. The van der Waals surface area contributed by atoms with Crippen molar-refractivity contribution in [2.75, 3.05) is 50.1 Å². The molecule has 2 atom stereocenters. The Hall–Kier alpha value is -3.84. The Labute approximate surface area is 231 Å². The molecule has 3 aromatic rings. The van der Waals surface area contributed by atoms with Gasteiger partial charge in [0.2, 0.25) is 0 Å². The monoisotopic (exact) mass is 525 g/mol. The number of likely N-dealkylation sites (N-methyl/N-ethyl adjacent to an activating group) is 1. The number of benzene rings is 2. The second kappa shape index (κ2) is 11.9. The van der Waals surface area contributed by atoms with Crippen LogP contribution in [0.5, 0.6) is 5.75 Å². The van der Waals surface area contributed by atoms with Crippen LogP contribution >= 0.6 is 0 Å². The van der Waals surface area contributed by atoms with E-state index in [2.05, 4.69) is 72.9 Å². The summed E-state index contributed by atoms with van der Waals surface area (Å²) < 4.78 is 7.84. The van der Waals surface area contributed by atoms with Gasteiger partial charge < -0.3 is 19.9 Å². The fraction of sp³-hybridized carbons (Fsp3) is 0.375. The number of anilines is 2. The van der Waals surface area contributed by atoms with Crippen molar-refractivity contribution in [1.29, 1.82) is 0 Å². The molecule has 1 fully saturated rings. The predicted octanol–water partition coefficient (Wildman–Crippen LogP) is 5.61. The third-order valence-electron chi connectivity index (χ3n) is 7.89. The van der Waals surface area contributed by atoms with Crippen molar-refractivity contribution in [1.82, 2.24) is 9.47 Å². The number of aromatic nitrogens is 1. The summed E-state index contributed by atoms with van der Waals surface area (Å²) in [6, 6.07) is 19.8. The number of rotatable bonds is 7. The molecule has 0 saturated carbocycles. The number of ether oxygens (including phenoxy) is 1. The number of nitrogens with zero attached hydrogens (tertiary/aromatic N) is 4. The number of nitrogens with one attached hydrogen (secondary N) is 1. The van der Waals surface area contributed by atoms with E-state index in [9.17, 15) is 4.79 Å². The number of hydrogen-bond donors (Lipinski definition) is 1. The van der Waals surface area contributed by atoms with E-state index in [-0.39, 0.29) is 17.5 Å². The van der Waals surface area contributed by atoms with Crippen LogP contribution in [0.4, 0.5) is 17.2 Å². The van der Waals surface area contributed by atoms with Gasteiger partial charge >= 0.3 is 0 Å². The maximum atomic E-state index is 13.3. The molecule has 1 saturated heterocycles. The number of pyridine rings is 1. The van der Waals surface area contributed by atoms with Crippen LogP contribution in [0.2, 0.25) is 0 Å². The summed E-state index contributed by atoms with van der Waals surface area (Å²) in [6.07, 6.45) is 3.39. The lowest BCUT2D eigenvalue weighted by molar-refractivity contribution is 0.222. The summed E-state index contributed by atoms with van der Waals surface area (Å²) in [4.78, 5) is 23.2. The highest BCUT2D eigenvalue weighted by Gasteiger charge is 2.25. The van der Waals surface area contributed by atoms with Gasteiger partial charge in [-0.05, 0) is 55.4 Å². The van der Waals surface area contributed by atoms with Crippen molar-refractivity contribution < 1.29 is 4.74 Å². The van der Waals surface area contributed by atoms with Crippen molar-refractivity contribution in [3.8, 4) is 5.75 Å². The van der Waals surface area contributed by atoms with Crippen LogP contribution in [-0.4, -0.2) is 55.1 Å². The Balaban J connectivity index is 1.47. The molecule has 0 radical (unpaired) electrons. The molecule has 2 aromatic carbocycles. The summed E-state index contributed by atoms with van der Waals surface area (Å²) in [6.45, 7) is 13.0. The lowest BCUT2D eigenvalue weighted by Gasteiger charge is -2.34. The Kier molecular flexibility index (Phi) is 8.17. The molecule has 0 aliphatic carbocycles. The Morgan fingerprint density at radius 3 is 2.56 bits per heavy atom. The molecular formula is C32H39N5O2. The number of fused-ring (bicyclic) bond motifs is 1. The highest BCUT2D eigenvalue weighted by molar-refractivity contribution is 5.98. The molecule has 1 N–H and O–H groups in total. The van der Waals surface area contributed by atoms with E-state index < -0.39 is 0 Å². The van der Waals surface area contributed by atoms with Gasteiger partial charge in [-0.3, -0.25) is 9.36 Å². The first-order valence-corrected chi connectivity index (χ1v) is 13.9. The van der Waals surface area contributed by atoms with Gasteiger partial charge in [-0.1, -0.05) is 44.7 Å². The number of hydrogen-bond acceptors (Lipinski definition) is 5. The highest BCUT2D eigenvalue weighted by atomic mass is 16.5. The molecule has 2 aliphatic heterocycles. The SMILES string of the molecule is C=Cc1ccc(=O)n(C2COc3ccccc3C2)c1N=C(Nc1ccc(N2CCN(C)CC2)cc1)C(C)CC. The van der Waals surface area contributed by atoms with Crippen molar-refractivity contribution in [2.24, 2.45) is 10.9 Å². The zero-order valence-electron chi connectivity index (χ0n) is 23.3. The van der Waals surface area contributed by atoms with Gasteiger partial charge in [-0.25, -0.2) is 4.99 Å². The standard InChI is InChI=1S/C32H39N5O2/c1-5-23(3)31(33-26-12-14-27(15-13-26)36-19-17-35(4)18-20-36)34-32-24(6-2)11-16-30(38)37(32)28-21-25-9-7-8-10-29(25)39-22-28/h6-16,23,28H,2,5,17-22H2,1,3-4H3,(H,33,34). The van der Waals surface area contributed by atoms with Crippen LogP contribution in [0.15, 0.2) is 77.0 Å². The number of piperazine rings is 1. The third-order valence-corrected chi connectivity index (χ3v) is 7.89. The number of amidine groups is 1. The largest absolute Gasteiger partial charge is 0.491 e. The first-order valence-electron chi connectivity index (χ1n) is 13.9. The fourth-order valence-corrected chi connectivity index (χ4v) is 5.20. The molecule has 204 valence electrons. The van der Waals surface area contributed by atoms with Crippen LogP contribution in [0.25, 0.3) is 6.08 Å². The molecule has 39 heavy (non-hydrogen) atoms. The van der Waals surface area contributed by atoms with Crippen LogP contribution < -0.4 is 20.5 Å². The molecule has 0 amide bonds. The van der Waals surface area contributed by atoms with Crippen molar-refractivity contribution in [3.63, 3.8) is 0 Å². The van der Waals surface area contributed by atoms with E-state index in [1.54, 1.807) is 22.8 Å². The van der Waals surface area contributed by atoms with Crippen molar-refractivity contribution >= 4 is 29.1 Å². The van der Waals surface area contributed by atoms with Crippen LogP contribution in [0.3, 0.4) is 0 Å². The molecule has 7 nitrogen and oxygen atoms in total. The zero-order chi connectivity index (χ0) is 27.4. The maximum absolute atomic E-state index is 13.3. The summed E-state index contributed by atoms with van der Waals surface area (Å²) in [5.74, 6) is 2.48. The second-order valence-corrected chi connectivity index (χ2v) is 10.6. The van der Waals surface area contributed by atoms with Crippen LogP contribution in [-0.2, 0) is 6.42 Å². The first-order chi connectivity index (χ1) is 19.0. The maximum Gasteiger partial charge on any atom is 0.252 e. The molecule has 2 unspecified atom stereocenters.